The average Bonchev–Trinajstić information content (AvgIpc) is 3.40. The second kappa shape index (κ2) is 8.17. The van der Waals surface area contributed by atoms with Gasteiger partial charge in [0.2, 0.25) is 0 Å². The van der Waals surface area contributed by atoms with E-state index in [4.69, 9.17) is 9.26 Å². The van der Waals surface area contributed by atoms with Gasteiger partial charge in [-0.1, -0.05) is 17.3 Å². The van der Waals surface area contributed by atoms with Gasteiger partial charge in [0.15, 0.2) is 0 Å². The van der Waals surface area contributed by atoms with Crippen LogP contribution >= 0.6 is 0 Å². The van der Waals surface area contributed by atoms with Gasteiger partial charge in [0.1, 0.15) is 18.1 Å². The van der Waals surface area contributed by atoms with E-state index in [0.717, 1.165) is 28.3 Å². The number of aryl methyl sites for hydroxylation is 2. The minimum atomic E-state index is -0.368. The molecule has 1 aromatic heterocycles. The summed E-state index contributed by atoms with van der Waals surface area (Å²) in [5.74, 6) is 1.34. The van der Waals surface area contributed by atoms with Gasteiger partial charge in [0.05, 0.1) is 31.9 Å². The molecule has 0 spiro atoms. The van der Waals surface area contributed by atoms with Crippen molar-refractivity contribution in [3.63, 3.8) is 0 Å². The van der Waals surface area contributed by atoms with Crippen LogP contribution in [0.3, 0.4) is 0 Å². The molecule has 4 rings (SSSR count). The lowest BCUT2D eigenvalue weighted by molar-refractivity contribution is -0.126. The van der Waals surface area contributed by atoms with Crippen LogP contribution in [-0.4, -0.2) is 70.9 Å². The first-order valence-electron chi connectivity index (χ1n) is 9.91. The van der Waals surface area contributed by atoms with E-state index >= 15 is 0 Å². The highest BCUT2D eigenvalue weighted by atomic mass is 16.5. The van der Waals surface area contributed by atoms with Crippen LogP contribution in [0.15, 0.2) is 33.9 Å². The number of rotatable bonds is 7. The van der Waals surface area contributed by atoms with Crippen LogP contribution in [0.1, 0.15) is 22.6 Å². The molecule has 0 aliphatic carbocycles. The second-order valence-electron chi connectivity index (χ2n) is 7.55. The topological polar surface area (TPSA) is 91.5 Å². The van der Waals surface area contributed by atoms with Gasteiger partial charge in [0, 0.05) is 18.3 Å². The predicted molar refractivity (Wildman–Crippen MR) is 109 cm³/mol. The van der Waals surface area contributed by atoms with E-state index in [2.05, 4.69) is 10.3 Å². The monoisotopic (exact) mass is 411 g/mol. The summed E-state index contributed by atoms with van der Waals surface area (Å²) in [6, 6.07) is 7.09. The van der Waals surface area contributed by atoms with Gasteiger partial charge >= 0.3 is 6.03 Å². The van der Waals surface area contributed by atoms with Crippen LogP contribution in [0.25, 0.3) is 0 Å². The first-order valence-corrected chi connectivity index (χ1v) is 9.91. The fourth-order valence-electron chi connectivity index (χ4n) is 3.80. The SMILES string of the molecule is COc1cccc(CCN2CC(=O)N(C3C=NN(Cc4c(C)noc4C)C3)C2=O)c1. The van der Waals surface area contributed by atoms with Crippen molar-refractivity contribution in [2.45, 2.75) is 32.9 Å². The zero-order chi connectivity index (χ0) is 21.3. The molecule has 2 aliphatic heterocycles. The lowest BCUT2D eigenvalue weighted by Gasteiger charge is -2.22. The molecule has 158 valence electrons. The number of imide groups is 1. The van der Waals surface area contributed by atoms with E-state index in [0.29, 0.717) is 26.1 Å². The largest absolute Gasteiger partial charge is 0.497 e. The fourth-order valence-corrected chi connectivity index (χ4v) is 3.80. The number of nitrogens with zero attached hydrogens (tertiary/aromatic N) is 5. The third-order valence-corrected chi connectivity index (χ3v) is 5.53. The quantitative estimate of drug-likeness (QED) is 0.647. The van der Waals surface area contributed by atoms with Crippen molar-refractivity contribution in [3.05, 3.63) is 46.8 Å². The third kappa shape index (κ3) is 3.87. The molecule has 0 radical (unpaired) electrons. The summed E-state index contributed by atoms with van der Waals surface area (Å²) in [5, 5.41) is 10.2. The molecule has 2 aliphatic rings. The Labute approximate surface area is 174 Å². The number of carbonyl (C=O) groups excluding carboxylic acids is 2. The minimum Gasteiger partial charge on any atom is -0.497 e. The van der Waals surface area contributed by atoms with Gasteiger partial charge in [-0.05, 0) is 38.0 Å². The molecule has 9 heteroatoms. The fraction of sp³-hybridized carbons (Fsp3) is 0.429. The van der Waals surface area contributed by atoms with Crippen molar-refractivity contribution in [1.29, 1.82) is 0 Å². The number of hydrazone groups is 1. The predicted octanol–water partition coefficient (Wildman–Crippen LogP) is 1.98. The number of benzene rings is 1. The molecule has 1 unspecified atom stereocenters. The highest BCUT2D eigenvalue weighted by Crippen LogP contribution is 2.22. The molecule has 0 bridgehead atoms. The van der Waals surface area contributed by atoms with Gasteiger partial charge < -0.3 is 14.2 Å². The van der Waals surface area contributed by atoms with E-state index in [9.17, 15) is 9.59 Å². The van der Waals surface area contributed by atoms with Crippen molar-refractivity contribution >= 4 is 18.2 Å². The van der Waals surface area contributed by atoms with Crippen LogP contribution in [0.4, 0.5) is 4.79 Å². The van der Waals surface area contributed by atoms with Gasteiger partial charge in [-0.3, -0.25) is 14.7 Å². The summed E-state index contributed by atoms with van der Waals surface area (Å²) in [4.78, 5) is 28.4. The Bertz CT molecular complexity index is 966. The Morgan fingerprint density at radius 2 is 2.10 bits per heavy atom. The summed E-state index contributed by atoms with van der Waals surface area (Å²) in [6.07, 6.45) is 2.32. The van der Waals surface area contributed by atoms with Gasteiger partial charge in [-0.2, -0.15) is 5.10 Å². The molecule has 1 saturated heterocycles. The highest BCUT2D eigenvalue weighted by molar-refractivity contribution is 6.04. The molecule has 3 heterocycles. The van der Waals surface area contributed by atoms with Crippen LogP contribution in [0.5, 0.6) is 5.75 Å². The summed E-state index contributed by atoms with van der Waals surface area (Å²) < 4.78 is 10.4. The number of hydrogen-bond donors (Lipinski definition) is 0. The van der Waals surface area contributed by atoms with Crippen molar-refractivity contribution in [2.24, 2.45) is 5.10 Å². The molecule has 0 saturated carbocycles. The number of methoxy groups -OCH3 is 1. The van der Waals surface area contributed by atoms with Crippen molar-refractivity contribution in [1.82, 2.24) is 20.0 Å². The summed E-state index contributed by atoms with van der Waals surface area (Å²) in [6.45, 7) is 5.31. The molecular weight excluding hydrogens is 386 g/mol. The van der Waals surface area contributed by atoms with Crippen molar-refractivity contribution in [3.8, 4) is 5.75 Å². The molecule has 2 aromatic rings. The Morgan fingerprint density at radius 3 is 2.83 bits per heavy atom. The molecule has 1 aromatic carbocycles. The Morgan fingerprint density at radius 1 is 1.27 bits per heavy atom. The zero-order valence-electron chi connectivity index (χ0n) is 17.4. The maximum atomic E-state index is 12.9. The minimum absolute atomic E-state index is 0.0943. The van der Waals surface area contributed by atoms with Gasteiger partial charge in [-0.15, -0.1) is 0 Å². The lowest BCUT2D eigenvalue weighted by Crippen LogP contribution is -2.44. The standard InChI is InChI=1S/C21H25N5O4/c1-14-19(15(2)30-23-14)12-25-11-17(10-22-25)26-20(27)13-24(21(26)28)8-7-16-5-4-6-18(9-16)29-3/h4-6,9-10,17H,7-8,11-13H2,1-3H3. The normalized spacial score (nSPS) is 18.8. The second-order valence-corrected chi connectivity index (χ2v) is 7.55. The smallest absolute Gasteiger partial charge is 0.327 e. The van der Waals surface area contributed by atoms with Crippen molar-refractivity contribution in [2.75, 3.05) is 26.7 Å². The summed E-state index contributed by atoms with van der Waals surface area (Å²) in [5.41, 5.74) is 2.86. The molecule has 9 nitrogen and oxygen atoms in total. The molecule has 1 atom stereocenters. The highest BCUT2D eigenvalue weighted by Gasteiger charge is 2.41. The van der Waals surface area contributed by atoms with Crippen molar-refractivity contribution < 1.29 is 18.8 Å². The molecule has 3 amide bonds. The number of amides is 3. The Kier molecular flexibility index (Phi) is 5.43. The van der Waals surface area contributed by atoms with Crippen LogP contribution < -0.4 is 4.74 Å². The van der Waals surface area contributed by atoms with Gasteiger partial charge in [-0.25, -0.2) is 4.79 Å². The van der Waals surface area contributed by atoms with Crippen LogP contribution in [0, 0.1) is 13.8 Å². The van der Waals surface area contributed by atoms with E-state index < -0.39 is 0 Å². The van der Waals surface area contributed by atoms with E-state index in [-0.39, 0.29) is 24.5 Å². The summed E-state index contributed by atoms with van der Waals surface area (Å²) in [7, 11) is 1.62. The third-order valence-electron chi connectivity index (χ3n) is 5.53. The number of carbonyl (C=O) groups is 2. The van der Waals surface area contributed by atoms with Crippen LogP contribution in [0.2, 0.25) is 0 Å². The molecule has 1 fully saturated rings. The molecule has 30 heavy (non-hydrogen) atoms. The van der Waals surface area contributed by atoms with E-state index in [1.165, 1.54) is 4.90 Å². The maximum absolute atomic E-state index is 12.9. The molecule has 0 N–H and O–H groups in total. The number of urea groups is 1. The van der Waals surface area contributed by atoms with E-state index in [1.807, 2.05) is 43.1 Å². The lowest BCUT2D eigenvalue weighted by atomic mass is 10.1. The first kappa shape index (κ1) is 19.9. The summed E-state index contributed by atoms with van der Waals surface area (Å²) >= 11 is 0. The zero-order valence-corrected chi connectivity index (χ0v) is 17.4. The number of ether oxygens (including phenoxy) is 1. The van der Waals surface area contributed by atoms with Gasteiger partial charge in [0.25, 0.3) is 5.91 Å². The first-order chi connectivity index (χ1) is 14.5. The molecular formula is C21H25N5O4. The number of aromatic nitrogens is 1. The average molecular weight is 411 g/mol. The van der Waals surface area contributed by atoms with Crippen LogP contribution in [-0.2, 0) is 17.8 Å². The Hall–Kier alpha value is -3.36. The maximum Gasteiger partial charge on any atom is 0.327 e. The Balaban J connectivity index is 1.35. The van der Waals surface area contributed by atoms with E-state index in [1.54, 1.807) is 18.2 Å². The number of hydrogen-bond acceptors (Lipinski definition) is 7.